The van der Waals surface area contributed by atoms with Gasteiger partial charge in [0.25, 0.3) is 0 Å². The number of hydrogen-bond acceptors (Lipinski definition) is 2. The molecule has 0 fully saturated rings. The van der Waals surface area contributed by atoms with Crippen molar-refractivity contribution in [3.63, 3.8) is 0 Å². The predicted molar refractivity (Wildman–Crippen MR) is 57.7 cm³/mol. The summed E-state index contributed by atoms with van der Waals surface area (Å²) >= 11 is 0. The highest BCUT2D eigenvalue weighted by Gasteiger charge is 2.21. The van der Waals surface area contributed by atoms with Crippen molar-refractivity contribution in [3.8, 4) is 5.75 Å². The van der Waals surface area contributed by atoms with Gasteiger partial charge in [-0.1, -0.05) is 25.1 Å². The van der Waals surface area contributed by atoms with Crippen molar-refractivity contribution in [1.29, 1.82) is 0 Å². The van der Waals surface area contributed by atoms with Gasteiger partial charge in [-0.05, 0) is 24.9 Å². The minimum Gasteiger partial charge on any atom is -0.492 e. The molecular weight excluding hydrogens is 174 g/mol. The van der Waals surface area contributed by atoms with Crippen LogP contribution in [0.3, 0.4) is 0 Å². The lowest BCUT2D eigenvalue weighted by Gasteiger charge is -2.06. The van der Waals surface area contributed by atoms with Crippen LogP contribution in [0.1, 0.15) is 30.4 Å². The molecule has 76 valence electrons. The van der Waals surface area contributed by atoms with Crippen LogP contribution in [0, 0.1) is 0 Å². The number of rotatable bonds is 3. The zero-order valence-electron chi connectivity index (χ0n) is 8.62. The number of aryl methyl sites for hydroxylation is 1. The van der Waals surface area contributed by atoms with Crippen molar-refractivity contribution in [2.24, 2.45) is 5.73 Å². The average Bonchev–Trinajstić information content (AvgIpc) is 2.58. The lowest BCUT2D eigenvalue weighted by molar-refractivity contribution is 0.334. The van der Waals surface area contributed by atoms with Gasteiger partial charge in [-0.2, -0.15) is 0 Å². The van der Waals surface area contributed by atoms with Gasteiger partial charge in [0.05, 0.1) is 6.61 Å². The summed E-state index contributed by atoms with van der Waals surface area (Å²) in [5.41, 5.74) is 8.19. The van der Waals surface area contributed by atoms with E-state index < -0.39 is 0 Å². The van der Waals surface area contributed by atoms with E-state index in [9.17, 15) is 0 Å². The quantitative estimate of drug-likeness (QED) is 0.793. The van der Waals surface area contributed by atoms with Gasteiger partial charge in [-0.25, -0.2) is 0 Å². The summed E-state index contributed by atoms with van der Waals surface area (Å²) in [5.74, 6) is 1.66. The van der Waals surface area contributed by atoms with E-state index in [-0.39, 0.29) is 0 Å². The number of nitrogens with two attached hydrogens (primary N) is 1. The first-order valence-corrected chi connectivity index (χ1v) is 5.27. The van der Waals surface area contributed by atoms with Crippen molar-refractivity contribution in [2.75, 3.05) is 13.2 Å². The molecule has 0 radical (unpaired) electrons. The van der Waals surface area contributed by atoms with Gasteiger partial charge in [0, 0.05) is 11.5 Å². The van der Waals surface area contributed by atoms with E-state index in [0.29, 0.717) is 5.92 Å². The zero-order chi connectivity index (χ0) is 9.97. The van der Waals surface area contributed by atoms with Gasteiger partial charge in [0.2, 0.25) is 0 Å². The SMILES string of the molecule is CC1COc2c(CCCN)cccc21. The van der Waals surface area contributed by atoms with E-state index in [0.717, 1.165) is 31.7 Å². The normalized spacial score (nSPS) is 19.1. The molecule has 0 amide bonds. The average molecular weight is 191 g/mol. The molecule has 2 N–H and O–H groups in total. The summed E-state index contributed by atoms with van der Waals surface area (Å²) in [4.78, 5) is 0. The van der Waals surface area contributed by atoms with Crippen LogP contribution in [-0.2, 0) is 6.42 Å². The Hall–Kier alpha value is -1.02. The van der Waals surface area contributed by atoms with E-state index in [1.807, 2.05) is 0 Å². The molecule has 0 bridgehead atoms. The van der Waals surface area contributed by atoms with Crippen LogP contribution in [-0.4, -0.2) is 13.2 Å². The molecule has 0 spiro atoms. The Kier molecular flexibility index (Phi) is 2.73. The fraction of sp³-hybridized carbons (Fsp3) is 0.500. The van der Waals surface area contributed by atoms with E-state index in [4.69, 9.17) is 10.5 Å². The van der Waals surface area contributed by atoms with Crippen molar-refractivity contribution in [3.05, 3.63) is 29.3 Å². The van der Waals surface area contributed by atoms with Crippen molar-refractivity contribution >= 4 is 0 Å². The van der Waals surface area contributed by atoms with Crippen LogP contribution < -0.4 is 10.5 Å². The fourth-order valence-corrected chi connectivity index (χ4v) is 1.96. The highest BCUT2D eigenvalue weighted by Crippen LogP contribution is 2.36. The van der Waals surface area contributed by atoms with Crippen LogP contribution in [0.25, 0.3) is 0 Å². The highest BCUT2D eigenvalue weighted by atomic mass is 16.5. The zero-order valence-corrected chi connectivity index (χ0v) is 8.62. The minimum atomic E-state index is 0.544. The number of para-hydroxylation sites is 1. The van der Waals surface area contributed by atoms with E-state index in [1.165, 1.54) is 11.1 Å². The molecule has 1 atom stereocenters. The molecule has 2 heteroatoms. The van der Waals surface area contributed by atoms with Gasteiger partial charge in [-0.3, -0.25) is 0 Å². The smallest absolute Gasteiger partial charge is 0.126 e. The standard InChI is InChI=1S/C12H17NO/c1-9-8-14-12-10(5-3-7-13)4-2-6-11(9)12/h2,4,6,9H,3,5,7-8,13H2,1H3. The molecule has 2 nitrogen and oxygen atoms in total. The largest absolute Gasteiger partial charge is 0.492 e. The third kappa shape index (κ3) is 1.62. The molecule has 1 heterocycles. The molecule has 1 aliphatic heterocycles. The first-order valence-electron chi connectivity index (χ1n) is 5.27. The van der Waals surface area contributed by atoms with Gasteiger partial charge in [0.1, 0.15) is 5.75 Å². The fourth-order valence-electron chi connectivity index (χ4n) is 1.96. The molecule has 0 aliphatic carbocycles. The number of fused-ring (bicyclic) bond motifs is 1. The predicted octanol–water partition coefficient (Wildman–Crippen LogP) is 2.07. The Balaban J connectivity index is 2.25. The molecule has 14 heavy (non-hydrogen) atoms. The minimum absolute atomic E-state index is 0.544. The summed E-state index contributed by atoms with van der Waals surface area (Å²) < 4.78 is 5.70. The van der Waals surface area contributed by atoms with Crippen LogP contribution in [0.2, 0.25) is 0 Å². The summed E-state index contributed by atoms with van der Waals surface area (Å²) in [6.45, 7) is 3.78. The van der Waals surface area contributed by atoms with Crippen LogP contribution in [0.5, 0.6) is 5.75 Å². The maximum atomic E-state index is 5.70. The Morgan fingerprint density at radius 1 is 1.50 bits per heavy atom. The van der Waals surface area contributed by atoms with Crippen molar-refractivity contribution in [2.45, 2.75) is 25.7 Å². The molecule has 0 saturated heterocycles. The summed E-state index contributed by atoms with van der Waals surface area (Å²) in [7, 11) is 0. The van der Waals surface area contributed by atoms with Crippen molar-refractivity contribution < 1.29 is 4.74 Å². The summed E-state index contributed by atoms with van der Waals surface area (Å²) in [6, 6.07) is 6.43. The number of benzene rings is 1. The molecule has 1 aliphatic rings. The third-order valence-electron chi connectivity index (χ3n) is 2.79. The Labute approximate surface area is 85.1 Å². The Morgan fingerprint density at radius 3 is 3.14 bits per heavy atom. The van der Waals surface area contributed by atoms with Crippen LogP contribution in [0.4, 0.5) is 0 Å². The first kappa shape index (κ1) is 9.53. The molecule has 1 aromatic rings. The number of ether oxygens (including phenoxy) is 1. The van der Waals surface area contributed by atoms with Crippen molar-refractivity contribution in [1.82, 2.24) is 0 Å². The van der Waals surface area contributed by atoms with E-state index >= 15 is 0 Å². The topological polar surface area (TPSA) is 35.2 Å². The summed E-state index contributed by atoms with van der Waals surface area (Å²) in [5, 5.41) is 0. The molecule has 1 aromatic carbocycles. The second kappa shape index (κ2) is 4.01. The van der Waals surface area contributed by atoms with Gasteiger partial charge >= 0.3 is 0 Å². The molecule has 0 saturated carbocycles. The molecule has 2 rings (SSSR count). The van der Waals surface area contributed by atoms with Gasteiger partial charge in [0.15, 0.2) is 0 Å². The third-order valence-corrected chi connectivity index (χ3v) is 2.79. The van der Waals surface area contributed by atoms with Crippen LogP contribution >= 0.6 is 0 Å². The monoisotopic (exact) mass is 191 g/mol. The second-order valence-electron chi connectivity index (χ2n) is 3.94. The maximum absolute atomic E-state index is 5.70. The highest BCUT2D eigenvalue weighted by molar-refractivity contribution is 5.46. The lowest BCUT2D eigenvalue weighted by Crippen LogP contribution is -2.01. The second-order valence-corrected chi connectivity index (χ2v) is 3.94. The first-order chi connectivity index (χ1) is 6.83. The van der Waals surface area contributed by atoms with Crippen LogP contribution in [0.15, 0.2) is 18.2 Å². The van der Waals surface area contributed by atoms with E-state index in [1.54, 1.807) is 0 Å². The van der Waals surface area contributed by atoms with E-state index in [2.05, 4.69) is 25.1 Å². The lowest BCUT2D eigenvalue weighted by atomic mass is 9.99. The number of hydrogen-bond donors (Lipinski definition) is 1. The van der Waals surface area contributed by atoms with Gasteiger partial charge in [-0.15, -0.1) is 0 Å². The molecule has 0 aromatic heterocycles. The Bertz CT molecular complexity index is 322. The molecule has 1 unspecified atom stereocenters. The molecular formula is C12H17NO. The summed E-state index contributed by atoms with van der Waals surface area (Å²) in [6.07, 6.45) is 2.07. The maximum Gasteiger partial charge on any atom is 0.126 e. The van der Waals surface area contributed by atoms with Gasteiger partial charge < -0.3 is 10.5 Å². The Morgan fingerprint density at radius 2 is 2.36 bits per heavy atom.